The molecule has 0 bridgehead atoms. The molecule has 0 aliphatic heterocycles. The number of hydrogen-bond donors (Lipinski definition) is 0. The standard InChI is InChI=1S/C4H3N2O/c7-4-6-2-1-5-3-6/h2-4H. The molecule has 0 N–H and O–H groups in total. The Balaban J connectivity index is 2.96. The lowest BCUT2D eigenvalue weighted by molar-refractivity contribution is 0.547. The molecule has 7 heavy (non-hydrogen) atoms. The zero-order chi connectivity index (χ0) is 5.11. The Bertz CT molecular complexity index is 145. The summed E-state index contributed by atoms with van der Waals surface area (Å²) in [6.45, 7) is 0. The van der Waals surface area contributed by atoms with Crippen molar-refractivity contribution in [3.63, 3.8) is 0 Å². The lowest BCUT2D eigenvalue weighted by Gasteiger charge is -1.75. The number of nitrogens with zero attached hydrogens (tertiary/aromatic N) is 2. The Hall–Kier alpha value is -1.12. The second-order valence-corrected chi connectivity index (χ2v) is 1.06. The van der Waals surface area contributed by atoms with Crippen LogP contribution >= 0.6 is 0 Å². The normalized spacial score (nSPS) is 8.57. The molecule has 0 atom stereocenters. The fourth-order valence-electron chi connectivity index (χ4n) is 0.291. The van der Waals surface area contributed by atoms with E-state index in [-0.39, 0.29) is 0 Å². The first-order valence-electron chi connectivity index (χ1n) is 1.78. The van der Waals surface area contributed by atoms with Crippen LogP contribution in [-0.2, 0) is 4.79 Å². The number of carbonyl (C=O) groups excluding carboxylic acids is 1. The van der Waals surface area contributed by atoms with Crippen molar-refractivity contribution in [1.29, 1.82) is 0 Å². The Morgan fingerprint density at radius 2 is 2.71 bits per heavy atom. The van der Waals surface area contributed by atoms with Crippen molar-refractivity contribution in [2.45, 2.75) is 0 Å². The Morgan fingerprint density at radius 1 is 1.86 bits per heavy atom. The van der Waals surface area contributed by atoms with Crippen molar-refractivity contribution in [2.75, 3.05) is 0 Å². The average Bonchev–Trinajstić information content (AvgIpc) is 2.14. The van der Waals surface area contributed by atoms with Gasteiger partial charge in [0.05, 0.1) is 0 Å². The minimum absolute atomic E-state index is 0.656. The zero-order valence-corrected chi connectivity index (χ0v) is 3.53. The average molecular weight is 95.1 g/mol. The molecule has 3 nitrogen and oxygen atoms in total. The predicted octanol–water partition coefficient (Wildman–Crippen LogP) is -0.278. The van der Waals surface area contributed by atoms with Gasteiger partial charge in [0.25, 0.3) is 0 Å². The van der Waals surface area contributed by atoms with Crippen molar-refractivity contribution >= 4 is 6.41 Å². The highest BCUT2D eigenvalue weighted by atomic mass is 16.1. The van der Waals surface area contributed by atoms with Crippen LogP contribution in [0.1, 0.15) is 0 Å². The Labute approximate surface area is 40.6 Å². The highest BCUT2D eigenvalue weighted by Gasteiger charge is 1.77. The van der Waals surface area contributed by atoms with Crippen LogP contribution in [0.5, 0.6) is 0 Å². The van der Waals surface area contributed by atoms with E-state index in [1.807, 2.05) is 0 Å². The topological polar surface area (TPSA) is 34.9 Å². The summed E-state index contributed by atoms with van der Waals surface area (Å²) >= 11 is 0. The maximum Gasteiger partial charge on any atom is 0.219 e. The quantitative estimate of drug-likeness (QED) is 0.450. The van der Waals surface area contributed by atoms with Crippen LogP contribution in [0.25, 0.3) is 0 Å². The van der Waals surface area contributed by atoms with Crippen LogP contribution in [0, 0.1) is 6.20 Å². The molecule has 1 aromatic rings. The lowest BCUT2D eigenvalue weighted by Crippen LogP contribution is -1.86. The number of rotatable bonds is 1. The summed E-state index contributed by atoms with van der Waals surface area (Å²) in [5.41, 5.74) is 0. The first-order chi connectivity index (χ1) is 3.43. The summed E-state index contributed by atoms with van der Waals surface area (Å²) in [4.78, 5) is 13.3. The molecule has 1 aromatic heterocycles. The van der Waals surface area contributed by atoms with Gasteiger partial charge in [-0.05, 0) is 0 Å². The fraction of sp³-hybridized carbons (Fsp3) is 0. The smallest absolute Gasteiger partial charge is 0.219 e. The molecule has 1 heterocycles. The van der Waals surface area contributed by atoms with Crippen molar-refractivity contribution in [3.05, 3.63) is 18.7 Å². The number of imidazole rings is 1. The summed E-state index contributed by atoms with van der Waals surface area (Å²) in [5, 5.41) is 0. The molecule has 1 rings (SSSR count). The van der Waals surface area contributed by atoms with Gasteiger partial charge in [-0.1, -0.05) is 0 Å². The largest absolute Gasteiger partial charge is 0.278 e. The van der Waals surface area contributed by atoms with E-state index in [4.69, 9.17) is 0 Å². The van der Waals surface area contributed by atoms with Crippen molar-refractivity contribution in [1.82, 2.24) is 9.55 Å². The van der Waals surface area contributed by atoms with Gasteiger partial charge in [0, 0.05) is 6.20 Å². The van der Waals surface area contributed by atoms with E-state index >= 15 is 0 Å². The highest BCUT2D eigenvalue weighted by Crippen LogP contribution is 1.73. The van der Waals surface area contributed by atoms with E-state index < -0.39 is 0 Å². The van der Waals surface area contributed by atoms with E-state index in [2.05, 4.69) is 11.2 Å². The summed E-state index contributed by atoms with van der Waals surface area (Å²) in [5.74, 6) is 0. The van der Waals surface area contributed by atoms with Crippen LogP contribution in [0.3, 0.4) is 0 Å². The second kappa shape index (κ2) is 1.55. The number of carbonyl (C=O) groups is 1. The minimum atomic E-state index is 0.656. The van der Waals surface area contributed by atoms with Gasteiger partial charge in [0.1, 0.15) is 12.5 Å². The van der Waals surface area contributed by atoms with Crippen LogP contribution in [0.4, 0.5) is 0 Å². The monoisotopic (exact) mass is 95.0 g/mol. The second-order valence-electron chi connectivity index (χ2n) is 1.06. The molecule has 0 aliphatic rings. The summed E-state index contributed by atoms with van der Waals surface area (Å²) in [6.07, 6.45) is 5.95. The SMILES string of the molecule is O=Cn1c[c]nc1. The van der Waals surface area contributed by atoms with Crippen LogP contribution in [-0.4, -0.2) is 16.0 Å². The fourth-order valence-corrected chi connectivity index (χ4v) is 0.291. The number of hydrogen-bond acceptors (Lipinski definition) is 2. The molecule has 0 saturated carbocycles. The van der Waals surface area contributed by atoms with Crippen molar-refractivity contribution in [2.24, 2.45) is 0 Å². The molecular formula is C4H3N2O. The van der Waals surface area contributed by atoms with E-state index in [1.54, 1.807) is 0 Å². The third-order valence-corrected chi connectivity index (χ3v) is 0.594. The van der Waals surface area contributed by atoms with Crippen LogP contribution in [0.15, 0.2) is 12.5 Å². The molecule has 0 amide bonds. The van der Waals surface area contributed by atoms with Gasteiger partial charge in [-0.3, -0.25) is 9.36 Å². The summed E-state index contributed by atoms with van der Waals surface area (Å²) in [6, 6.07) is 0. The van der Waals surface area contributed by atoms with E-state index in [0.29, 0.717) is 6.41 Å². The van der Waals surface area contributed by atoms with Crippen LogP contribution in [0.2, 0.25) is 0 Å². The molecule has 0 fully saturated rings. The predicted molar refractivity (Wildman–Crippen MR) is 23.2 cm³/mol. The van der Waals surface area contributed by atoms with Gasteiger partial charge in [-0.25, -0.2) is 4.98 Å². The van der Waals surface area contributed by atoms with Gasteiger partial charge >= 0.3 is 0 Å². The maximum atomic E-state index is 9.77. The van der Waals surface area contributed by atoms with Crippen molar-refractivity contribution < 1.29 is 4.79 Å². The molecule has 0 aliphatic carbocycles. The highest BCUT2D eigenvalue weighted by molar-refractivity contribution is 5.50. The van der Waals surface area contributed by atoms with E-state index in [1.165, 1.54) is 17.1 Å². The third kappa shape index (κ3) is 0.652. The molecule has 0 saturated heterocycles. The van der Waals surface area contributed by atoms with Crippen molar-refractivity contribution in [3.8, 4) is 0 Å². The summed E-state index contributed by atoms with van der Waals surface area (Å²) in [7, 11) is 0. The van der Waals surface area contributed by atoms with Gasteiger partial charge < -0.3 is 0 Å². The maximum absolute atomic E-state index is 9.77. The first-order valence-corrected chi connectivity index (χ1v) is 1.78. The molecule has 3 heteroatoms. The van der Waals surface area contributed by atoms with Crippen LogP contribution < -0.4 is 0 Å². The third-order valence-electron chi connectivity index (χ3n) is 0.594. The Morgan fingerprint density at radius 3 is 3.00 bits per heavy atom. The Kier molecular flexibility index (Phi) is 0.898. The minimum Gasteiger partial charge on any atom is -0.278 e. The van der Waals surface area contributed by atoms with Gasteiger partial charge in [-0.15, -0.1) is 0 Å². The van der Waals surface area contributed by atoms with E-state index in [0.717, 1.165) is 0 Å². The molecule has 0 aromatic carbocycles. The molecule has 0 unspecified atom stereocenters. The molecule has 35 valence electrons. The molecule has 0 spiro atoms. The first kappa shape index (κ1) is 4.05. The molecular weight excluding hydrogens is 92.1 g/mol. The number of aromatic nitrogens is 2. The van der Waals surface area contributed by atoms with Gasteiger partial charge in [0.15, 0.2) is 0 Å². The lowest BCUT2D eigenvalue weighted by atomic mass is 10.9. The molecule has 1 radical (unpaired) electrons. The summed E-state index contributed by atoms with van der Waals surface area (Å²) < 4.78 is 1.28. The van der Waals surface area contributed by atoms with Gasteiger partial charge in [-0.2, -0.15) is 0 Å². The zero-order valence-electron chi connectivity index (χ0n) is 3.53. The van der Waals surface area contributed by atoms with Gasteiger partial charge in [0.2, 0.25) is 6.41 Å². The van der Waals surface area contributed by atoms with E-state index in [9.17, 15) is 4.79 Å².